The first-order valence-corrected chi connectivity index (χ1v) is 10.5. The second-order valence-corrected chi connectivity index (χ2v) is 7.93. The molecule has 32 heavy (non-hydrogen) atoms. The van der Waals surface area contributed by atoms with Gasteiger partial charge in [-0.2, -0.15) is 0 Å². The Hall–Kier alpha value is -2.88. The lowest BCUT2D eigenvalue weighted by atomic mass is 10.1. The number of morpholine rings is 1. The quantitative estimate of drug-likeness (QED) is 0.363. The summed E-state index contributed by atoms with van der Waals surface area (Å²) in [4.78, 5) is 37.5. The molecule has 1 atom stereocenters. The van der Waals surface area contributed by atoms with Gasteiger partial charge in [-0.15, -0.1) is 0 Å². The number of carbonyl (C=O) groups excluding carboxylic acids is 2. The Morgan fingerprint density at radius 3 is 2.59 bits per heavy atom. The van der Waals surface area contributed by atoms with Crippen molar-refractivity contribution in [1.82, 2.24) is 5.32 Å². The van der Waals surface area contributed by atoms with Gasteiger partial charge >= 0.3 is 5.97 Å². The summed E-state index contributed by atoms with van der Waals surface area (Å²) in [5.41, 5.74) is 0.918. The minimum atomic E-state index is -0.831. The topological polar surface area (TPSA) is 111 Å². The minimum absolute atomic E-state index is 0.0164. The Kier molecular flexibility index (Phi) is 7.89. The van der Waals surface area contributed by atoms with Crippen molar-refractivity contribution in [3.8, 4) is 0 Å². The lowest BCUT2D eigenvalue weighted by Gasteiger charge is -2.30. The van der Waals surface area contributed by atoms with Crippen LogP contribution in [-0.2, 0) is 14.3 Å². The standard InChI is InChI=1S/C21H21Cl2N3O6/c1-13(16-4-2-14(22)10-18(16)23)24-20(27)12-32-21(28)17-11-15(26(29)30)3-5-19(17)25-6-8-31-9-7-25/h2-5,10-11,13H,6-9,12H2,1H3,(H,24,27)/t13-/m1/s1. The summed E-state index contributed by atoms with van der Waals surface area (Å²) < 4.78 is 10.5. The highest BCUT2D eigenvalue weighted by atomic mass is 35.5. The van der Waals surface area contributed by atoms with Crippen molar-refractivity contribution in [1.29, 1.82) is 0 Å². The van der Waals surface area contributed by atoms with Crippen molar-refractivity contribution < 1.29 is 24.0 Å². The number of ether oxygens (including phenoxy) is 2. The van der Waals surface area contributed by atoms with Crippen molar-refractivity contribution in [2.75, 3.05) is 37.8 Å². The lowest BCUT2D eigenvalue weighted by Crippen LogP contribution is -2.37. The molecule has 9 nitrogen and oxygen atoms in total. The number of nitro groups is 1. The van der Waals surface area contributed by atoms with Crippen LogP contribution in [-0.4, -0.2) is 49.7 Å². The first-order chi connectivity index (χ1) is 15.3. The normalized spacial score (nSPS) is 14.5. The SMILES string of the molecule is C[C@@H](NC(=O)COC(=O)c1cc([N+](=O)[O-])ccc1N1CCOCC1)c1ccc(Cl)cc1Cl. The van der Waals surface area contributed by atoms with Crippen LogP contribution in [0.25, 0.3) is 0 Å². The number of benzene rings is 2. The van der Waals surface area contributed by atoms with Gasteiger partial charge in [0.05, 0.1) is 35.4 Å². The summed E-state index contributed by atoms with van der Waals surface area (Å²) in [6, 6.07) is 8.45. The maximum Gasteiger partial charge on any atom is 0.341 e. The molecule has 11 heteroatoms. The summed E-state index contributed by atoms with van der Waals surface area (Å²) in [5, 5.41) is 14.7. The predicted molar refractivity (Wildman–Crippen MR) is 119 cm³/mol. The van der Waals surface area contributed by atoms with Gasteiger partial charge in [-0.3, -0.25) is 14.9 Å². The van der Waals surface area contributed by atoms with E-state index >= 15 is 0 Å². The summed E-state index contributed by atoms with van der Waals surface area (Å²) >= 11 is 12.0. The van der Waals surface area contributed by atoms with E-state index in [0.29, 0.717) is 47.6 Å². The van der Waals surface area contributed by atoms with Crippen LogP contribution in [0.2, 0.25) is 10.0 Å². The number of nitrogens with zero attached hydrogens (tertiary/aromatic N) is 2. The summed E-state index contributed by atoms with van der Waals surface area (Å²) in [7, 11) is 0. The van der Waals surface area contributed by atoms with Crippen LogP contribution >= 0.6 is 23.2 Å². The van der Waals surface area contributed by atoms with Crippen LogP contribution in [0.4, 0.5) is 11.4 Å². The maximum absolute atomic E-state index is 12.7. The van der Waals surface area contributed by atoms with E-state index in [9.17, 15) is 19.7 Å². The Morgan fingerprint density at radius 2 is 1.94 bits per heavy atom. The zero-order chi connectivity index (χ0) is 23.3. The van der Waals surface area contributed by atoms with Crippen molar-refractivity contribution in [2.45, 2.75) is 13.0 Å². The van der Waals surface area contributed by atoms with Crippen molar-refractivity contribution in [3.05, 3.63) is 67.7 Å². The van der Waals surface area contributed by atoms with Gasteiger partial charge in [0, 0.05) is 35.3 Å². The summed E-state index contributed by atoms with van der Waals surface area (Å²) in [5.74, 6) is -1.38. The van der Waals surface area contributed by atoms with E-state index in [-0.39, 0.29) is 11.3 Å². The highest BCUT2D eigenvalue weighted by molar-refractivity contribution is 6.35. The van der Waals surface area contributed by atoms with E-state index in [0.717, 1.165) is 6.07 Å². The number of hydrogen-bond donors (Lipinski definition) is 1. The number of hydrogen-bond acceptors (Lipinski definition) is 7. The molecular weight excluding hydrogens is 461 g/mol. The van der Waals surface area contributed by atoms with E-state index in [4.69, 9.17) is 32.7 Å². The highest BCUT2D eigenvalue weighted by Crippen LogP contribution is 2.28. The van der Waals surface area contributed by atoms with Crippen LogP contribution in [0.1, 0.15) is 28.9 Å². The number of amides is 1. The zero-order valence-electron chi connectivity index (χ0n) is 17.2. The second kappa shape index (κ2) is 10.6. The molecule has 1 amide bonds. The average Bonchev–Trinajstić information content (AvgIpc) is 2.77. The van der Waals surface area contributed by atoms with Crippen LogP contribution in [0.15, 0.2) is 36.4 Å². The smallest absolute Gasteiger partial charge is 0.341 e. The van der Waals surface area contributed by atoms with Gasteiger partial charge in [0.25, 0.3) is 11.6 Å². The molecule has 1 N–H and O–H groups in total. The van der Waals surface area contributed by atoms with E-state index in [2.05, 4.69) is 5.32 Å². The molecule has 0 aromatic heterocycles. The molecule has 0 unspecified atom stereocenters. The van der Waals surface area contributed by atoms with E-state index in [1.165, 1.54) is 12.1 Å². The molecule has 0 saturated carbocycles. The lowest BCUT2D eigenvalue weighted by molar-refractivity contribution is -0.384. The fourth-order valence-corrected chi connectivity index (χ4v) is 3.88. The van der Waals surface area contributed by atoms with Gasteiger partial charge in [0.2, 0.25) is 0 Å². The third-order valence-corrected chi connectivity index (χ3v) is 5.47. The Labute approximate surface area is 194 Å². The molecule has 3 rings (SSSR count). The fraction of sp³-hybridized carbons (Fsp3) is 0.333. The van der Waals surface area contributed by atoms with Crippen LogP contribution in [0, 0.1) is 10.1 Å². The molecule has 0 bridgehead atoms. The first kappa shape index (κ1) is 23.8. The number of nitrogens with one attached hydrogen (secondary N) is 1. The molecule has 170 valence electrons. The van der Waals surface area contributed by atoms with Gasteiger partial charge < -0.3 is 19.7 Å². The number of nitro benzene ring substituents is 1. The van der Waals surface area contributed by atoms with Crippen molar-refractivity contribution >= 4 is 46.5 Å². The van der Waals surface area contributed by atoms with Crippen LogP contribution in [0.3, 0.4) is 0 Å². The van der Waals surface area contributed by atoms with Gasteiger partial charge in [-0.25, -0.2) is 4.79 Å². The predicted octanol–water partition coefficient (Wildman–Crippen LogP) is 3.77. The molecule has 1 heterocycles. The Balaban J connectivity index is 1.68. The summed E-state index contributed by atoms with van der Waals surface area (Å²) in [6.07, 6.45) is 0. The molecular formula is C21H21Cl2N3O6. The van der Waals surface area contributed by atoms with E-state index in [1.54, 1.807) is 25.1 Å². The largest absolute Gasteiger partial charge is 0.452 e. The van der Waals surface area contributed by atoms with Crippen LogP contribution < -0.4 is 10.2 Å². The second-order valence-electron chi connectivity index (χ2n) is 7.09. The Morgan fingerprint density at radius 1 is 1.22 bits per heavy atom. The Bertz CT molecular complexity index is 1030. The third-order valence-electron chi connectivity index (χ3n) is 4.90. The number of non-ortho nitro benzene ring substituents is 1. The van der Waals surface area contributed by atoms with E-state index < -0.39 is 29.4 Å². The van der Waals surface area contributed by atoms with E-state index in [1.807, 2.05) is 4.90 Å². The maximum atomic E-state index is 12.7. The number of rotatable bonds is 7. The zero-order valence-corrected chi connectivity index (χ0v) is 18.7. The number of carbonyl (C=O) groups is 2. The molecule has 2 aromatic carbocycles. The van der Waals surface area contributed by atoms with Crippen LogP contribution in [0.5, 0.6) is 0 Å². The fourth-order valence-electron chi connectivity index (χ4n) is 3.30. The van der Waals surface area contributed by atoms with Crippen molar-refractivity contribution in [3.63, 3.8) is 0 Å². The molecule has 0 aliphatic carbocycles. The number of esters is 1. The van der Waals surface area contributed by atoms with Gasteiger partial charge in [0.1, 0.15) is 0 Å². The monoisotopic (exact) mass is 481 g/mol. The average molecular weight is 482 g/mol. The first-order valence-electron chi connectivity index (χ1n) is 9.79. The van der Waals surface area contributed by atoms with Crippen molar-refractivity contribution in [2.24, 2.45) is 0 Å². The van der Waals surface area contributed by atoms with Gasteiger partial charge in [-0.1, -0.05) is 29.3 Å². The molecule has 0 radical (unpaired) electrons. The third kappa shape index (κ3) is 5.87. The number of anilines is 1. The van der Waals surface area contributed by atoms with Gasteiger partial charge in [0.15, 0.2) is 6.61 Å². The number of halogens is 2. The highest BCUT2D eigenvalue weighted by Gasteiger charge is 2.24. The molecule has 1 saturated heterocycles. The molecule has 0 spiro atoms. The molecule has 1 aliphatic heterocycles. The summed E-state index contributed by atoms with van der Waals surface area (Å²) in [6.45, 7) is 3.17. The minimum Gasteiger partial charge on any atom is -0.452 e. The van der Waals surface area contributed by atoms with Gasteiger partial charge in [-0.05, 0) is 30.7 Å². The molecule has 2 aromatic rings. The molecule has 1 aliphatic rings. The molecule has 1 fully saturated rings.